The van der Waals surface area contributed by atoms with Crippen molar-refractivity contribution in [1.82, 2.24) is 10.9 Å². The third-order valence-corrected chi connectivity index (χ3v) is 7.20. The van der Waals surface area contributed by atoms with Crippen LogP contribution < -0.4 is 21.1 Å². The first-order valence-corrected chi connectivity index (χ1v) is 14.7. The topological polar surface area (TPSA) is 169 Å². The van der Waals surface area contributed by atoms with E-state index in [-0.39, 0.29) is 51.2 Å². The van der Waals surface area contributed by atoms with Gasteiger partial charge in [-0.15, -0.1) is 0 Å². The van der Waals surface area contributed by atoms with Crippen molar-refractivity contribution in [3.05, 3.63) is 113 Å². The summed E-state index contributed by atoms with van der Waals surface area (Å²) in [6, 6.07) is 18.6. The molecule has 10 nitrogen and oxygen atoms in total. The van der Waals surface area contributed by atoms with Crippen molar-refractivity contribution in [2.24, 2.45) is 10.2 Å². The molecule has 4 aromatic rings. The van der Waals surface area contributed by atoms with Gasteiger partial charge < -0.3 is 20.4 Å². The van der Waals surface area contributed by atoms with E-state index in [9.17, 15) is 30.0 Å². The Morgan fingerprint density at radius 3 is 1.35 bits per heavy atom. The molecule has 1 radical (unpaired) electrons. The van der Waals surface area contributed by atoms with Gasteiger partial charge in [-0.05, 0) is 59.7 Å². The molecule has 225 valence electrons. The molecular weight excluding hydrogens is 871 g/mol. The molecular formula is C28H18Br4CuN4O6. The second kappa shape index (κ2) is 17.2. The standard InChI is InChI=1S/2C14H10Br2N2O3.Cu/c2*15-9-5-8(13(20)11(16)6-9)7-17-18-14(21)10-3-1-2-4-12(10)19;/h2*1-7,19-20H,(H,18,21);/q;;+2/p-2/b2*17-7-;. The molecule has 0 bridgehead atoms. The number of aromatic hydroxyl groups is 2. The Labute approximate surface area is 289 Å². The molecule has 0 aliphatic rings. The molecule has 15 heteroatoms. The van der Waals surface area contributed by atoms with Crippen LogP contribution in [-0.4, -0.2) is 34.5 Å². The summed E-state index contributed by atoms with van der Waals surface area (Å²) in [4.78, 5) is 23.6. The number of phenols is 2. The van der Waals surface area contributed by atoms with Crippen LogP contribution in [0.25, 0.3) is 0 Å². The van der Waals surface area contributed by atoms with E-state index >= 15 is 0 Å². The molecule has 0 fully saturated rings. The number of benzene rings is 4. The van der Waals surface area contributed by atoms with Crippen molar-refractivity contribution in [3.8, 4) is 23.0 Å². The smallest absolute Gasteiger partial charge is 0.871 e. The van der Waals surface area contributed by atoms with Crippen LogP contribution in [0.4, 0.5) is 0 Å². The average Bonchev–Trinajstić information content (AvgIpc) is 2.94. The number of hydrazone groups is 2. The van der Waals surface area contributed by atoms with Gasteiger partial charge in [0.05, 0.1) is 23.6 Å². The zero-order valence-corrected chi connectivity index (χ0v) is 28.6. The molecule has 4 rings (SSSR count). The van der Waals surface area contributed by atoms with Gasteiger partial charge in [-0.2, -0.15) is 10.2 Å². The van der Waals surface area contributed by atoms with Crippen LogP contribution >= 0.6 is 63.7 Å². The number of nitrogens with zero attached hydrogens (tertiary/aromatic N) is 2. The van der Waals surface area contributed by atoms with E-state index in [1.165, 1.54) is 36.7 Å². The Morgan fingerprint density at radius 2 is 1.00 bits per heavy atom. The van der Waals surface area contributed by atoms with Gasteiger partial charge in [0.15, 0.2) is 0 Å². The minimum Gasteiger partial charge on any atom is -0.871 e. The maximum atomic E-state index is 11.8. The van der Waals surface area contributed by atoms with E-state index in [0.29, 0.717) is 29.0 Å². The summed E-state index contributed by atoms with van der Waals surface area (Å²) >= 11 is 12.8. The molecule has 2 amide bonds. The Balaban J connectivity index is 0.000000293. The van der Waals surface area contributed by atoms with Crippen molar-refractivity contribution in [2.45, 2.75) is 0 Å². The average molecular weight is 890 g/mol. The molecule has 0 atom stereocenters. The predicted octanol–water partition coefficient (Wildman–Crippen LogP) is 5.51. The predicted molar refractivity (Wildman–Crippen MR) is 169 cm³/mol. The summed E-state index contributed by atoms with van der Waals surface area (Å²) in [6.45, 7) is 0. The van der Waals surface area contributed by atoms with Crippen LogP contribution in [-0.2, 0) is 17.1 Å². The first-order valence-electron chi connectivity index (χ1n) is 11.5. The molecule has 0 aliphatic heterocycles. The molecule has 0 unspecified atom stereocenters. The number of halogens is 4. The fraction of sp³-hybridized carbons (Fsp3) is 0. The van der Waals surface area contributed by atoms with Crippen molar-refractivity contribution >= 4 is 88.0 Å². The Morgan fingerprint density at radius 1 is 0.651 bits per heavy atom. The van der Waals surface area contributed by atoms with Crippen LogP contribution in [0.3, 0.4) is 0 Å². The molecule has 4 N–H and O–H groups in total. The largest absolute Gasteiger partial charge is 2.00 e. The third kappa shape index (κ3) is 10.5. The van der Waals surface area contributed by atoms with Gasteiger partial charge in [-0.1, -0.05) is 99.5 Å². The fourth-order valence-electron chi connectivity index (χ4n) is 3.12. The number of hydrogen-bond donors (Lipinski definition) is 4. The maximum absolute atomic E-state index is 11.8. The molecule has 0 saturated carbocycles. The van der Waals surface area contributed by atoms with Crippen molar-refractivity contribution in [2.75, 3.05) is 0 Å². The summed E-state index contributed by atoms with van der Waals surface area (Å²) in [7, 11) is 0. The van der Waals surface area contributed by atoms with Gasteiger partial charge in [-0.3, -0.25) is 9.59 Å². The third-order valence-electron chi connectivity index (χ3n) is 5.11. The molecule has 0 aromatic heterocycles. The van der Waals surface area contributed by atoms with Crippen LogP contribution in [0.1, 0.15) is 31.8 Å². The van der Waals surface area contributed by atoms with E-state index in [0.717, 1.165) is 0 Å². The van der Waals surface area contributed by atoms with Gasteiger partial charge in [0, 0.05) is 17.9 Å². The zero-order chi connectivity index (χ0) is 30.8. The number of amides is 2. The first-order chi connectivity index (χ1) is 20.0. The Kier molecular flexibility index (Phi) is 14.4. The quantitative estimate of drug-likeness (QED) is 0.113. The monoisotopic (exact) mass is 885 g/mol. The van der Waals surface area contributed by atoms with Crippen LogP contribution in [0.5, 0.6) is 23.0 Å². The van der Waals surface area contributed by atoms with E-state index in [1.807, 2.05) is 0 Å². The second-order valence-electron chi connectivity index (χ2n) is 8.04. The summed E-state index contributed by atoms with van der Waals surface area (Å²) in [5.41, 5.74) is 5.35. The number of hydrogen-bond acceptors (Lipinski definition) is 8. The van der Waals surface area contributed by atoms with Crippen molar-refractivity contribution in [1.29, 1.82) is 0 Å². The fourth-order valence-corrected chi connectivity index (χ4v) is 5.64. The molecule has 0 aliphatic carbocycles. The number of nitrogens with one attached hydrogen (secondary N) is 2. The normalized spacial score (nSPS) is 10.5. The number of phenolic OH excluding ortho intramolecular Hbond substituents is 2. The number of para-hydroxylation sites is 2. The maximum Gasteiger partial charge on any atom is 2.00 e. The summed E-state index contributed by atoms with van der Waals surface area (Å²) in [5, 5.41) is 50.1. The number of carbonyl (C=O) groups excluding carboxylic acids is 2. The molecule has 0 heterocycles. The van der Waals surface area contributed by atoms with Crippen molar-refractivity contribution < 1.29 is 47.1 Å². The minimum atomic E-state index is -0.564. The van der Waals surface area contributed by atoms with Gasteiger partial charge in [-0.25, -0.2) is 10.9 Å². The number of rotatable bonds is 6. The van der Waals surface area contributed by atoms with Crippen LogP contribution in [0.2, 0.25) is 0 Å². The summed E-state index contributed by atoms with van der Waals surface area (Å²) in [6.07, 6.45) is 2.49. The molecule has 4 aromatic carbocycles. The second-order valence-corrected chi connectivity index (χ2v) is 11.6. The molecule has 0 saturated heterocycles. The molecule has 0 spiro atoms. The van der Waals surface area contributed by atoms with Crippen LogP contribution in [0.15, 0.2) is 101 Å². The summed E-state index contributed by atoms with van der Waals surface area (Å²) in [5.74, 6) is -1.88. The van der Waals surface area contributed by atoms with E-state index in [2.05, 4.69) is 84.8 Å². The van der Waals surface area contributed by atoms with E-state index < -0.39 is 11.8 Å². The van der Waals surface area contributed by atoms with Gasteiger partial charge in [0.1, 0.15) is 11.5 Å². The first kappa shape index (κ1) is 36.0. The molecule has 43 heavy (non-hydrogen) atoms. The van der Waals surface area contributed by atoms with Crippen LogP contribution in [0, 0.1) is 0 Å². The van der Waals surface area contributed by atoms with Gasteiger partial charge in [0.25, 0.3) is 11.8 Å². The van der Waals surface area contributed by atoms with Gasteiger partial charge >= 0.3 is 17.1 Å². The van der Waals surface area contributed by atoms with E-state index in [1.54, 1.807) is 48.5 Å². The SMILES string of the molecule is O=C(N/N=C\c1cc(Br)cc(Br)c1[O-])c1ccccc1O.O=C(N/N=C\c1cc(Br)cc(Br)c1[O-])c1ccccc1O.[Cu+2]. The van der Waals surface area contributed by atoms with Crippen molar-refractivity contribution in [3.63, 3.8) is 0 Å². The zero-order valence-electron chi connectivity index (χ0n) is 21.3. The van der Waals surface area contributed by atoms with E-state index in [4.69, 9.17) is 0 Å². The minimum absolute atomic E-state index is 0. The Bertz CT molecular complexity index is 1560. The summed E-state index contributed by atoms with van der Waals surface area (Å²) < 4.78 is 2.21. The Hall–Kier alpha value is -3.20. The number of carbonyl (C=O) groups is 2. The van der Waals surface area contributed by atoms with Gasteiger partial charge in [0.2, 0.25) is 0 Å².